The fourth-order valence-electron chi connectivity index (χ4n) is 11.6. The number of aromatic nitrogens is 2. The molecule has 0 fully saturated rings. The molecule has 0 bridgehead atoms. The molecule has 1 aliphatic heterocycles. The van der Waals surface area contributed by atoms with Crippen LogP contribution in [0.25, 0.3) is 91.9 Å². The fourth-order valence-corrected chi connectivity index (χ4v) is 13.9. The van der Waals surface area contributed by atoms with Gasteiger partial charge in [-0.2, -0.15) is 0 Å². The van der Waals surface area contributed by atoms with E-state index < -0.39 is 0 Å². The van der Waals surface area contributed by atoms with Gasteiger partial charge in [0.2, 0.25) is 0 Å². The molecule has 0 amide bonds. The molecule has 71 heavy (non-hydrogen) atoms. The highest BCUT2D eigenvalue weighted by Crippen LogP contribution is 2.54. The summed E-state index contributed by atoms with van der Waals surface area (Å²) in [4.78, 5) is 3.96. The number of thiophene rings is 1. The molecule has 0 radical (unpaired) electrons. The Morgan fingerprint density at radius 1 is 0.451 bits per heavy atom. The number of hydrogen-bond acceptors (Lipinski definition) is 2. The Kier molecular flexibility index (Phi) is 9.99. The summed E-state index contributed by atoms with van der Waals surface area (Å²) in [6.45, 7) is 18.5. The molecule has 348 valence electrons. The third-order valence-corrected chi connectivity index (χ3v) is 18.2. The molecule has 0 saturated heterocycles. The van der Waals surface area contributed by atoms with Gasteiger partial charge in [-0.15, -0.1) is 23.1 Å². The van der Waals surface area contributed by atoms with Crippen molar-refractivity contribution < 1.29 is 0 Å². The number of hydrogen-bond donors (Lipinski definition) is 0. The van der Waals surface area contributed by atoms with E-state index in [2.05, 4.69) is 253 Å². The van der Waals surface area contributed by atoms with Gasteiger partial charge in [-0.25, -0.2) is 0 Å². The minimum Gasteiger partial charge on any atom is -0.309 e. The predicted octanol–water partition coefficient (Wildman–Crippen LogP) is 19.4. The van der Waals surface area contributed by atoms with E-state index in [4.69, 9.17) is 0 Å². The van der Waals surface area contributed by atoms with Gasteiger partial charge < -0.3 is 9.13 Å². The van der Waals surface area contributed by atoms with Crippen LogP contribution < -0.4 is 0 Å². The smallest absolute Gasteiger partial charge is 0.0541 e. The average molecular weight is 955 g/mol. The van der Waals surface area contributed by atoms with Crippen molar-refractivity contribution in [3.05, 3.63) is 221 Å². The first-order valence-corrected chi connectivity index (χ1v) is 26.9. The largest absolute Gasteiger partial charge is 0.309 e. The number of thioether (sulfide) groups is 1. The second-order valence-corrected chi connectivity index (χ2v) is 24.9. The SMILES string of the molecule is CC(C)(C)c1ccc(-n2c3ccccc3c3cc(C4=CCC(c5ccc6c(c5)C(C)(C)c5cc(-c7ccc(-c8ccc9c(c8)c8ccccc8n9-c8ccc(C(C)(C)C)cc8)s7)ccc5-6)S4)ccc32)cc1. The zero-order valence-electron chi connectivity index (χ0n) is 41.9. The molecule has 13 rings (SSSR count). The molecule has 0 N–H and O–H groups in total. The van der Waals surface area contributed by atoms with Crippen LogP contribution in [0.3, 0.4) is 0 Å². The van der Waals surface area contributed by atoms with Crippen molar-refractivity contribution in [2.45, 2.75) is 83.3 Å². The molecule has 4 heteroatoms. The molecule has 11 aromatic rings. The first-order valence-electron chi connectivity index (χ1n) is 25.2. The van der Waals surface area contributed by atoms with Crippen LogP contribution in [0.2, 0.25) is 0 Å². The lowest BCUT2D eigenvalue weighted by Gasteiger charge is -2.23. The number of benzene rings is 8. The number of allylic oxidation sites excluding steroid dienone is 1. The van der Waals surface area contributed by atoms with E-state index in [1.165, 1.54) is 125 Å². The van der Waals surface area contributed by atoms with E-state index in [9.17, 15) is 0 Å². The first kappa shape index (κ1) is 44.1. The lowest BCUT2D eigenvalue weighted by atomic mass is 9.81. The summed E-state index contributed by atoms with van der Waals surface area (Å²) in [6.07, 6.45) is 3.50. The van der Waals surface area contributed by atoms with E-state index in [0.717, 1.165) is 6.42 Å². The number of fused-ring (bicyclic) bond motifs is 9. The van der Waals surface area contributed by atoms with Gasteiger partial charge in [-0.1, -0.05) is 165 Å². The molecule has 4 heterocycles. The molecule has 8 aromatic carbocycles. The topological polar surface area (TPSA) is 9.86 Å². The van der Waals surface area contributed by atoms with Crippen LogP contribution in [0, 0.1) is 0 Å². The Morgan fingerprint density at radius 3 is 1.48 bits per heavy atom. The van der Waals surface area contributed by atoms with Crippen molar-refractivity contribution in [3.63, 3.8) is 0 Å². The zero-order valence-corrected chi connectivity index (χ0v) is 43.5. The number of para-hydroxylation sites is 2. The van der Waals surface area contributed by atoms with Crippen LogP contribution in [-0.2, 0) is 16.2 Å². The summed E-state index contributed by atoms with van der Waals surface area (Å²) < 4.78 is 4.85. The van der Waals surface area contributed by atoms with Crippen LogP contribution >= 0.6 is 23.1 Å². The molecule has 0 spiro atoms. The van der Waals surface area contributed by atoms with Gasteiger partial charge in [0.25, 0.3) is 0 Å². The van der Waals surface area contributed by atoms with Crippen molar-refractivity contribution in [1.29, 1.82) is 0 Å². The maximum absolute atomic E-state index is 2.53. The molecule has 2 nitrogen and oxygen atoms in total. The molecular formula is C67H58N2S2. The summed E-state index contributed by atoms with van der Waals surface area (Å²) in [7, 11) is 0. The second-order valence-electron chi connectivity index (χ2n) is 22.5. The minimum absolute atomic E-state index is 0.113. The van der Waals surface area contributed by atoms with E-state index in [0.29, 0.717) is 5.25 Å². The van der Waals surface area contributed by atoms with Crippen molar-refractivity contribution in [2.24, 2.45) is 0 Å². The Morgan fingerprint density at radius 2 is 0.915 bits per heavy atom. The first-order chi connectivity index (χ1) is 34.2. The van der Waals surface area contributed by atoms with Crippen molar-refractivity contribution in [2.75, 3.05) is 0 Å². The van der Waals surface area contributed by atoms with Gasteiger partial charge in [0.1, 0.15) is 0 Å². The van der Waals surface area contributed by atoms with Crippen molar-refractivity contribution >= 4 is 71.6 Å². The Hall–Kier alpha value is -6.85. The average Bonchev–Trinajstić information content (AvgIpc) is 4.22. The normalized spacial score (nSPS) is 15.5. The molecule has 1 atom stereocenters. The summed E-state index contributed by atoms with van der Waals surface area (Å²) in [6, 6.07) is 69.3. The molecule has 0 saturated carbocycles. The van der Waals surface area contributed by atoms with E-state index in [1.54, 1.807) is 0 Å². The van der Waals surface area contributed by atoms with Gasteiger partial charge in [-0.05, 0) is 152 Å². The van der Waals surface area contributed by atoms with Gasteiger partial charge >= 0.3 is 0 Å². The standard InChI is InChI=1S/C67H58N2S2/c1-65(2,3)45-21-25-47(26-22-45)68-57-15-11-9-13-51(57)53-37-41(19-31-59(53)68)61-33-35-63(70-61)43-17-29-49-50-30-18-44(40-56(50)67(7,8)55(49)39-43)64-36-34-62(71-64)42-20-32-60-54(38-42)52-14-10-12-16-58(52)69(60)48-27-23-46(24-28-48)66(4,5)6/h9-35,37-40,64H,36H2,1-8H3. The Balaban J connectivity index is 0.758. The molecule has 1 unspecified atom stereocenters. The van der Waals surface area contributed by atoms with Gasteiger partial charge in [0, 0.05) is 58.2 Å². The summed E-state index contributed by atoms with van der Waals surface area (Å²) in [5.41, 5.74) is 21.0. The van der Waals surface area contributed by atoms with E-state index >= 15 is 0 Å². The lowest BCUT2D eigenvalue weighted by Crippen LogP contribution is -2.15. The monoisotopic (exact) mass is 954 g/mol. The summed E-state index contributed by atoms with van der Waals surface area (Å²) >= 11 is 3.92. The maximum atomic E-state index is 2.53. The predicted molar refractivity (Wildman–Crippen MR) is 308 cm³/mol. The van der Waals surface area contributed by atoms with E-state index in [1.807, 2.05) is 23.1 Å². The van der Waals surface area contributed by atoms with Crippen LogP contribution in [0.1, 0.15) is 100 Å². The third-order valence-electron chi connectivity index (χ3n) is 15.6. The molecular weight excluding hydrogens is 897 g/mol. The highest BCUT2D eigenvalue weighted by Gasteiger charge is 2.37. The van der Waals surface area contributed by atoms with Crippen LogP contribution in [0.5, 0.6) is 0 Å². The van der Waals surface area contributed by atoms with Crippen LogP contribution in [0.15, 0.2) is 188 Å². The number of rotatable bonds is 6. The van der Waals surface area contributed by atoms with Crippen LogP contribution in [-0.4, -0.2) is 9.13 Å². The van der Waals surface area contributed by atoms with Gasteiger partial charge in [-0.3, -0.25) is 0 Å². The van der Waals surface area contributed by atoms with Crippen molar-refractivity contribution in [1.82, 2.24) is 9.13 Å². The van der Waals surface area contributed by atoms with Crippen molar-refractivity contribution in [3.8, 4) is 43.4 Å². The third kappa shape index (κ3) is 7.20. The second kappa shape index (κ2) is 16.1. The summed E-state index contributed by atoms with van der Waals surface area (Å²) in [5.74, 6) is 0. The number of nitrogens with zero attached hydrogens (tertiary/aromatic N) is 2. The highest BCUT2D eigenvalue weighted by molar-refractivity contribution is 8.08. The minimum atomic E-state index is -0.116. The fraction of sp³-hybridized carbons (Fsp3) is 0.194. The van der Waals surface area contributed by atoms with Gasteiger partial charge in [0.05, 0.1) is 22.1 Å². The highest BCUT2D eigenvalue weighted by atomic mass is 32.2. The molecule has 1 aliphatic carbocycles. The Labute approximate surface area is 426 Å². The molecule has 2 aliphatic rings. The maximum Gasteiger partial charge on any atom is 0.0541 e. The Bertz CT molecular complexity index is 3970. The van der Waals surface area contributed by atoms with Gasteiger partial charge in [0.15, 0.2) is 0 Å². The quantitative estimate of drug-likeness (QED) is 0.161. The van der Waals surface area contributed by atoms with Crippen LogP contribution in [0.4, 0.5) is 0 Å². The summed E-state index contributed by atoms with van der Waals surface area (Å²) in [5, 5.41) is 5.54. The van der Waals surface area contributed by atoms with E-state index in [-0.39, 0.29) is 16.2 Å². The lowest BCUT2D eigenvalue weighted by molar-refractivity contribution is 0.590. The zero-order chi connectivity index (χ0) is 48.6. The molecule has 3 aromatic heterocycles.